The predicted octanol–water partition coefficient (Wildman–Crippen LogP) is -2.68. The number of nitrogens with two attached hydrogens (primary N) is 2. The predicted molar refractivity (Wildman–Crippen MR) is 263 cm³/mol. The Kier molecular flexibility index (Phi) is 15.3. The lowest BCUT2D eigenvalue weighted by Gasteiger charge is -2.44. The fourth-order valence-electron chi connectivity index (χ4n) is 10.6. The Morgan fingerprint density at radius 3 is 1.71 bits per heavy atom. The molecule has 6 aromatic heterocycles. The number of hydrogen-bond acceptors (Lipinski definition) is 24. The number of ether oxygens (including phenoxy) is 5. The van der Waals surface area contributed by atoms with Gasteiger partial charge in [-0.05, 0) is 13.8 Å². The number of fused-ring (bicyclic) bond motifs is 2. The van der Waals surface area contributed by atoms with E-state index in [0.717, 1.165) is 34.2 Å². The Morgan fingerprint density at radius 1 is 0.613 bits per heavy atom. The van der Waals surface area contributed by atoms with Crippen LogP contribution < -0.4 is 39.5 Å². The van der Waals surface area contributed by atoms with Crippen LogP contribution in [-0.4, -0.2) is 154 Å². The molecule has 0 amide bonds. The molecule has 0 saturated carbocycles. The van der Waals surface area contributed by atoms with Crippen LogP contribution in [0.3, 0.4) is 0 Å². The number of aliphatic hydroxyl groups excluding tert-OH is 1. The van der Waals surface area contributed by atoms with Crippen LogP contribution in [0.4, 0.5) is 11.8 Å². The summed E-state index contributed by atoms with van der Waals surface area (Å²) in [5, 5.41) is 12.1. The van der Waals surface area contributed by atoms with Crippen molar-refractivity contribution in [1.29, 1.82) is 0 Å². The number of anilines is 2. The number of aromatic nitrogens is 12. The highest BCUT2D eigenvalue weighted by Gasteiger charge is 2.59. The van der Waals surface area contributed by atoms with Crippen LogP contribution in [0.15, 0.2) is 55.3 Å². The topological polar surface area (TPSA) is 536 Å². The summed E-state index contributed by atoms with van der Waals surface area (Å²) in [4.78, 5) is 154. The number of hydrogen-bond donors (Lipinski definition) is 12. The van der Waals surface area contributed by atoms with Crippen LogP contribution in [-0.2, 0) is 51.0 Å². The van der Waals surface area contributed by atoms with Gasteiger partial charge in [0.25, 0.3) is 16.7 Å². The first-order chi connectivity index (χ1) is 37.5. The lowest BCUT2D eigenvalue weighted by molar-refractivity contribution is -0.220. The Labute approximate surface area is 444 Å². The Morgan fingerprint density at radius 2 is 1.10 bits per heavy atom. The second-order valence-electron chi connectivity index (χ2n) is 19.4. The monoisotopic (exact) mass is 1190 g/mol. The van der Waals surface area contributed by atoms with Gasteiger partial charge < -0.3 is 69.6 Å². The standard InChI is InChI=1S/C40H51N14O23P3/c1-15-9-51(38(59)49-34(15)56)25-4-18(75-78(61,62)63)22(72-25)8-40(7-21-17(55)3-24(71-21)53-13-45-28-31(41)43-12-44-32(28)53,30-20(77-80(67,68)69)6-26(74-30)52-10-16(2)35(57)50-39(52)60)70-11-23-19(76-79(64,65)66)5-27(73-23)54-14-46-29-33(54)47-37(42)48-36(29)58/h9-10,12-14,17-27,30,55H,3-8,11H2,1-2H3,(H2,41,43,44)(H,49,56,59)(H,50,57,60)(H2,61,62,63)(H2,64,65,66)(H2,67,68,69)(H3,42,47,48,58)/t17-,18-,19-,20-,21+,22+,23+,24+,25+,26+,27+,30-,40?/m0/s1. The summed E-state index contributed by atoms with van der Waals surface area (Å²) in [7, 11) is -16.7. The van der Waals surface area contributed by atoms with Crippen molar-refractivity contribution in [3.8, 4) is 0 Å². The summed E-state index contributed by atoms with van der Waals surface area (Å²) in [5.41, 5.74) is 4.86. The summed E-state index contributed by atoms with van der Waals surface area (Å²) in [6.07, 6.45) is -17.1. The molecule has 0 spiro atoms. The Bertz CT molecular complexity index is 3810. The van der Waals surface area contributed by atoms with Gasteiger partial charge in [-0.25, -0.2) is 43.2 Å². The van der Waals surface area contributed by atoms with E-state index in [9.17, 15) is 72.1 Å². The number of nitrogens with one attached hydrogen (secondary N) is 3. The number of aryl methyl sites for hydroxylation is 2. The van der Waals surface area contributed by atoms with Gasteiger partial charge in [0, 0.05) is 62.0 Å². The van der Waals surface area contributed by atoms with Crippen LogP contribution in [0.5, 0.6) is 0 Å². The molecule has 4 aliphatic rings. The maximum atomic E-state index is 13.5. The molecule has 6 aromatic rings. The quantitative estimate of drug-likeness (QED) is 0.0390. The van der Waals surface area contributed by atoms with Gasteiger partial charge in [0.05, 0.1) is 37.6 Å². The molecule has 1 unspecified atom stereocenters. The van der Waals surface area contributed by atoms with Crippen LogP contribution in [0, 0.1) is 13.8 Å². The fourth-order valence-corrected chi connectivity index (χ4v) is 12.2. The van der Waals surface area contributed by atoms with E-state index in [2.05, 4.69) is 39.9 Å². The SMILES string of the molecule is Cc1cn([C@H]2C[C@H](OP(=O)(O)O)[C@@H](CC(C[C@H]3O[C@@H](n4cnc5c(N)ncnc54)C[C@@H]3O)(OC[C@H]3O[C@@H](n4cnc5c(=O)[nH]c(N)nc54)C[C@@H]3OP(=O)(O)O)[C@H]3O[C@@H](n4cc(C)c(=O)[nH]c4=O)C[C@@H]3OP(=O)(O)O)O2)c(=O)[nH]c1=O. The van der Waals surface area contributed by atoms with Crippen molar-refractivity contribution in [2.45, 2.75) is 132 Å². The number of aromatic amines is 3. The zero-order valence-electron chi connectivity index (χ0n) is 41.4. The average molecular weight is 1190 g/mol. The molecule has 4 saturated heterocycles. The van der Waals surface area contributed by atoms with Crippen LogP contribution >= 0.6 is 23.5 Å². The smallest absolute Gasteiger partial charge is 0.390 e. The van der Waals surface area contributed by atoms with Gasteiger partial charge in [-0.1, -0.05) is 0 Å². The fraction of sp³-hybridized carbons (Fsp3) is 0.550. The number of nitrogen functional groups attached to an aromatic ring is 2. The van der Waals surface area contributed by atoms with Crippen LogP contribution in [0.25, 0.3) is 22.3 Å². The molecule has 0 bridgehead atoms. The number of phosphoric ester groups is 3. The highest BCUT2D eigenvalue weighted by molar-refractivity contribution is 7.46. The van der Waals surface area contributed by atoms with Crippen molar-refractivity contribution in [2.24, 2.45) is 0 Å². The van der Waals surface area contributed by atoms with E-state index < -0.39 is 170 Å². The second-order valence-corrected chi connectivity index (χ2v) is 23.0. The van der Waals surface area contributed by atoms with Gasteiger partial charge in [0.15, 0.2) is 22.6 Å². The molecule has 434 valence electrons. The maximum Gasteiger partial charge on any atom is 0.469 e. The molecule has 40 heteroatoms. The normalized spacial score (nSPS) is 28.4. The maximum absolute atomic E-state index is 13.5. The Hall–Kier alpha value is -6.05. The van der Waals surface area contributed by atoms with Gasteiger partial charge in [-0.15, -0.1) is 0 Å². The van der Waals surface area contributed by atoms with E-state index >= 15 is 0 Å². The van der Waals surface area contributed by atoms with Gasteiger partial charge in [0.2, 0.25) is 5.95 Å². The number of imidazole rings is 2. The molecular weight excluding hydrogens is 1140 g/mol. The van der Waals surface area contributed by atoms with Crippen molar-refractivity contribution in [3.63, 3.8) is 0 Å². The number of aliphatic hydroxyl groups is 1. The molecule has 4 aliphatic heterocycles. The third-order valence-electron chi connectivity index (χ3n) is 14.0. The van der Waals surface area contributed by atoms with E-state index in [1.165, 1.54) is 29.3 Å². The van der Waals surface area contributed by atoms with Crippen LogP contribution in [0.2, 0.25) is 0 Å². The first-order valence-electron chi connectivity index (χ1n) is 24.0. The molecular formula is C40H51N14O23P3. The summed E-state index contributed by atoms with van der Waals surface area (Å²) < 4.78 is 91.7. The molecule has 4 fully saturated rings. The van der Waals surface area contributed by atoms with Crippen molar-refractivity contribution >= 4 is 57.6 Å². The minimum absolute atomic E-state index is 0.00391. The summed E-state index contributed by atoms with van der Waals surface area (Å²) in [5.74, 6) is -0.350. The van der Waals surface area contributed by atoms with Crippen molar-refractivity contribution in [1.82, 2.24) is 58.1 Å². The third-order valence-corrected chi connectivity index (χ3v) is 15.6. The summed E-state index contributed by atoms with van der Waals surface area (Å²) in [6, 6.07) is 0. The van der Waals surface area contributed by atoms with Crippen LogP contribution in [0.1, 0.15) is 74.6 Å². The van der Waals surface area contributed by atoms with Crippen molar-refractivity contribution in [2.75, 3.05) is 18.1 Å². The van der Waals surface area contributed by atoms with Gasteiger partial charge in [-0.2, -0.15) is 4.98 Å². The number of nitrogens with zero attached hydrogens (tertiary/aromatic N) is 9. The van der Waals surface area contributed by atoms with E-state index in [1.807, 2.05) is 0 Å². The molecule has 0 radical (unpaired) electrons. The lowest BCUT2D eigenvalue weighted by atomic mass is 9.80. The molecule has 10 rings (SSSR count). The molecule has 37 nitrogen and oxygen atoms in total. The minimum Gasteiger partial charge on any atom is -0.390 e. The molecule has 10 heterocycles. The lowest BCUT2D eigenvalue weighted by Crippen LogP contribution is -2.56. The zero-order chi connectivity index (χ0) is 57.5. The largest absolute Gasteiger partial charge is 0.469 e. The highest BCUT2D eigenvalue weighted by Crippen LogP contribution is 2.53. The summed E-state index contributed by atoms with van der Waals surface area (Å²) >= 11 is 0. The molecule has 0 aromatic carbocycles. The van der Waals surface area contributed by atoms with Crippen molar-refractivity contribution < 1.29 is 85.4 Å². The number of rotatable bonds is 18. The molecule has 0 aliphatic carbocycles. The van der Waals surface area contributed by atoms with E-state index in [1.54, 1.807) is 0 Å². The third kappa shape index (κ3) is 11.8. The minimum atomic E-state index is -5.66. The van der Waals surface area contributed by atoms with Gasteiger partial charge in [-0.3, -0.25) is 61.2 Å². The van der Waals surface area contributed by atoms with Gasteiger partial charge >= 0.3 is 34.8 Å². The van der Waals surface area contributed by atoms with E-state index in [0.29, 0.717) is 0 Å². The molecule has 80 heavy (non-hydrogen) atoms. The van der Waals surface area contributed by atoms with E-state index in [-0.39, 0.29) is 51.6 Å². The number of H-pyrrole nitrogens is 3. The molecule has 13 atom stereocenters. The Balaban J connectivity index is 1.13. The average Bonchev–Trinajstić information content (AvgIpc) is 4.29. The first kappa shape index (κ1) is 57.2. The highest BCUT2D eigenvalue weighted by atomic mass is 31.2. The van der Waals surface area contributed by atoms with Crippen molar-refractivity contribution in [3.05, 3.63) is 94.5 Å². The zero-order valence-corrected chi connectivity index (χ0v) is 44.1. The first-order valence-corrected chi connectivity index (χ1v) is 28.6. The summed E-state index contributed by atoms with van der Waals surface area (Å²) in [6.45, 7) is 1.77. The molecule has 14 N–H and O–H groups in total. The van der Waals surface area contributed by atoms with Gasteiger partial charge in [0.1, 0.15) is 72.9 Å². The van der Waals surface area contributed by atoms with E-state index in [4.69, 9.17) is 48.7 Å². The number of phosphoric acid groups is 3. The second kappa shape index (κ2) is 21.4.